The summed E-state index contributed by atoms with van der Waals surface area (Å²) in [4.78, 5) is 12.0. The Labute approximate surface area is 118 Å². The molecular weight excluding hydrogens is 318 g/mol. The normalized spacial score (nSPS) is 11.8. The molecule has 0 aliphatic carbocycles. The van der Waals surface area contributed by atoms with Crippen LogP contribution in [0.3, 0.4) is 0 Å². The van der Waals surface area contributed by atoms with Crippen molar-refractivity contribution in [3.63, 3.8) is 0 Å². The van der Waals surface area contributed by atoms with Crippen LogP contribution in [0.4, 0.5) is 13.2 Å². The molecule has 0 radical (unpaired) electrons. The van der Waals surface area contributed by atoms with Gasteiger partial charge >= 0.3 is 118 Å². The molecule has 0 saturated heterocycles. The zero-order valence-electron chi connectivity index (χ0n) is 10.4. The van der Waals surface area contributed by atoms with Gasteiger partial charge in [0.15, 0.2) is 0 Å². The molecule has 0 saturated carbocycles. The van der Waals surface area contributed by atoms with Crippen LogP contribution in [-0.4, -0.2) is 28.3 Å². The standard InChI is InChI=1S/C13H13AsF3NO/c1-4-12(2,3)18-11(19)9-7-8(13(15,16)17)5-6-10(9)14/h1,5-7H,14H2,2-3H3,(H,18,19). The Hall–Kier alpha value is -1.40. The van der Waals surface area contributed by atoms with Crippen LogP contribution < -0.4 is 9.67 Å². The summed E-state index contributed by atoms with van der Waals surface area (Å²) in [5, 5.41) is 2.51. The Bertz CT molecular complexity index is 544. The Morgan fingerprint density at radius 3 is 2.42 bits per heavy atom. The second-order valence-electron chi connectivity index (χ2n) is 4.52. The van der Waals surface area contributed by atoms with Crippen molar-refractivity contribution < 1.29 is 18.0 Å². The van der Waals surface area contributed by atoms with Gasteiger partial charge in [0.05, 0.1) is 0 Å². The molecule has 6 heteroatoms. The maximum absolute atomic E-state index is 12.6. The van der Waals surface area contributed by atoms with Gasteiger partial charge in [0, 0.05) is 0 Å². The van der Waals surface area contributed by atoms with E-state index in [9.17, 15) is 18.0 Å². The quantitative estimate of drug-likeness (QED) is 0.638. The molecule has 0 aromatic heterocycles. The van der Waals surface area contributed by atoms with Crippen LogP contribution in [0.2, 0.25) is 0 Å². The van der Waals surface area contributed by atoms with E-state index in [4.69, 9.17) is 6.42 Å². The molecule has 1 unspecified atom stereocenters. The summed E-state index contributed by atoms with van der Waals surface area (Å²) in [6, 6.07) is 3.10. The monoisotopic (exact) mass is 331 g/mol. The molecule has 0 aliphatic heterocycles. The van der Waals surface area contributed by atoms with Gasteiger partial charge in [0.2, 0.25) is 0 Å². The number of carbonyl (C=O) groups is 1. The molecule has 1 rings (SSSR count). The third-order valence-corrected chi connectivity index (χ3v) is 3.47. The van der Waals surface area contributed by atoms with Crippen molar-refractivity contribution in [2.45, 2.75) is 25.6 Å². The third-order valence-electron chi connectivity index (χ3n) is 2.41. The molecule has 0 bridgehead atoms. The average Bonchev–Trinajstić information content (AvgIpc) is 2.27. The van der Waals surface area contributed by atoms with Crippen LogP contribution in [0.1, 0.15) is 29.8 Å². The molecule has 0 aliphatic rings. The summed E-state index contributed by atoms with van der Waals surface area (Å²) < 4.78 is 38.3. The summed E-state index contributed by atoms with van der Waals surface area (Å²) in [6.45, 7) is 3.19. The predicted molar refractivity (Wildman–Crippen MR) is 70.0 cm³/mol. The number of hydrogen-bond donors (Lipinski definition) is 1. The molecule has 0 fully saturated rings. The topological polar surface area (TPSA) is 29.1 Å². The van der Waals surface area contributed by atoms with Crippen LogP contribution in [-0.2, 0) is 6.18 Å². The molecule has 1 amide bonds. The average molecular weight is 331 g/mol. The van der Waals surface area contributed by atoms with Crippen LogP contribution in [0, 0.1) is 12.3 Å². The number of alkyl halides is 3. The van der Waals surface area contributed by atoms with Gasteiger partial charge in [0.25, 0.3) is 0 Å². The molecular formula is C13H13AsF3NO. The predicted octanol–water partition coefficient (Wildman–Crippen LogP) is 1.11. The van der Waals surface area contributed by atoms with Crippen molar-refractivity contribution >= 4 is 27.1 Å². The van der Waals surface area contributed by atoms with Crippen molar-refractivity contribution in [1.82, 2.24) is 5.32 Å². The number of terminal acetylenes is 1. The molecule has 19 heavy (non-hydrogen) atoms. The van der Waals surface area contributed by atoms with Gasteiger partial charge in [0.1, 0.15) is 0 Å². The van der Waals surface area contributed by atoms with Crippen LogP contribution in [0.15, 0.2) is 18.2 Å². The molecule has 0 spiro atoms. The molecule has 1 aromatic carbocycles. The summed E-state index contributed by atoms with van der Waals surface area (Å²) in [7, 11) is 0. The van der Waals surface area contributed by atoms with Gasteiger partial charge in [-0.1, -0.05) is 0 Å². The fourth-order valence-corrected chi connectivity index (χ4v) is 1.97. The second-order valence-corrected chi connectivity index (χ2v) is 5.83. The van der Waals surface area contributed by atoms with Crippen LogP contribution in [0.5, 0.6) is 0 Å². The number of halogens is 3. The van der Waals surface area contributed by atoms with Crippen molar-refractivity contribution in [2.24, 2.45) is 0 Å². The summed E-state index contributed by atoms with van der Waals surface area (Å²) >= 11 is 1.07. The van der Waals surface area contributed by atoms with Crippen molar-refractivity contribution in [3.8, 4) is 12.3 Å². The first-order valence-electron chi connectivity index (χ1n) is 5.34. The summed E-state index contributed by atoms with van der Waals surface area (Å²) in [6.07, 6.45) is 0.754. The Balaban J connectivity index is 3.14. The SMILES string of the molecule is C#CC(C)(C)NC(=O)c1cc(C(F)(F)F)ccc1[AsH2]. The first-order valence-corrected chi connectivity index (χ1v) is 6.55. The van der Waals surface area contributed by atoms with E-state index in [0.29, 0.717) is 4.35 Å². The first-order chi connectivity index (χ1) is 8.57. The first kappa shape index (κ1) is 15.7. The minimum atomic E-state index is -4.47. The molecule has 1 N–H and O–H groups in total. The fourth-order valence-electron chi connectivity index (χ4n) is 1.32. The summed E-state index contributed by atoms with van der Waals surface area (Å²) in [5.41, 5.74) is -1.76. The van der Waals surface area contributed by atoms with Gasteiger partial charge in [-0.25, -0.2) is 0 Å². The van der Waals surface area contributed by atoms with Gasteiger partial charge in [-0.2, -0.15) is 0 Å². The van der Waals surface area contributed by atoms with Gasteiger partial charge in [-0.05, 0) is 0 Å². The van der Waals surface area contributed by atoms with E-state index >= 15 is 0 Å². The second kappa shape index (κ2) is 5.30. The molecule has 2 nitrogen and oxygen atoms in total. The van der Waals surface area contributed by atoms with E-state index in [1.54, 1.807) is 13.8 Å². The van der Waals surface area contributed by atoms with E-state index in [2.05, 4.69) is 11.2 Å². The van der Waals surface area contributed by atoms with E-state index in [-0.39, 0.29) is 5.56 Å². The van der Waals surface area contributed by atoms with E-state index in [0.717, 1.165) is 29.0 Å². The van der Waals surface area contributed by atoms with Crippen molar-refractivity contribution in [1.29, 1.82) is 0 Å². The van der Waals surface area contributed by atoms with Crippen LogP contribution >= 0.6 is 0 Å². The Morgan fingerprint density at radius 2 is 1.95 bits per heavy atom. The number of carbonyl (C=O) groups excluding carboxylic acids is 1. The van der Waals surface area contributed by atoms with E-state index < -0.39 is 23.2 Å². The van der Waals surface area contributed by atoms with Crippen LogP contribution in [0.25, 0.3) is 0 Å². The van der Waals surface area contributed by atoms with Crippen molar-refractivity contribution in [2.75, 3.05) is 0 Å². The van der Waals surface area contributed by atoms with E-state index in [1.807, 2.05) is 0 Å². The van der Waals surface area contributed by atoms with Gasteiger partial charge in [-0.3, -0.25) is 0 Å². The number of amides is 1. The molecule has 102 valence electrons. The Morgan fingerprint density at radius 1 is 1.37 bits per heavy atom. The summed E-state index contributed by atoms with van der Waals surface area (Å²) in [5.74, 6) is 1.75. The maximum atomic E-state index is 12.6. The number of rotatable bonds is 2. The third kappa shape index (κ3) is 4.04. The molecule has 1 atom stereocenters. The van der Waals surface area contributed by atoms with Crippen molar-refractivity contribution in [3.05, 3.63) is 29.3 Å². The Kier molecular flexibility index (Phi) is 4.37. The zero-order chi connectivity index (χ0) is 14.8. The number of benzene rings is 1. The number of hydrogen-bond acceptors (Lipinski definition) is 1. The number of nitrogens with one attached hydrogen (secondary N) is 1. The molecule has 1 aromatic rings. The fraction of sp³-hybridized carbons (Fsp3) is 0.308. The van der Waals surface area contributed by atoms with Gasteiger partial charge in [-0.15, -0.1) is 0 Å². The zero-order valence-corrected chi connectivity index (χ0v) is 12.9. The minimum absolute atomic E-state index is 0.00171. The molecule has 0 heterocycles. The van der Waals surface area contributed by atoms with Gasteiger partial charge < -0.3 is 0 Å². The van der Waals surface area contributed by atoms with E-state index in [1.165, 1.54) is 6.07 Å².